The summed E-state index contributed by atoms with van der Waals surface area (Å²) in [6, 6.07) is 15.3. The van der Waals surface area contributed by atoms with Gasteiger partial charge in [-0.15, -0.1) is 0 Å². The Morgan fingerprint density at radius 2 is 1.95 bits per heavy atom. The fourth-order valence-corrected chi connectivity index (χ4v) is 4.62. The average molecular weight is 496 g/mol. The lowest BCUT2D eigenvalue weighted by Gasteiger charge is -2.07. The summed E-state index contributed by atoms with van der Waals surface area (Å²) in [5, 5.41) is 8.62. The Morgan fingerprint density at radius 1 is 1.11 bits per heavy atom. The van der Waals surface area contributed by atoms with Crippen LogP contribution in [0, 0.1) is 6.92 Å². The van der Waals surface area contributed by atoms with Gasteiger partial charge >= 0.3 is 0 Å². The first-order valence-corrected chi connectivity index (χ1v) is 12.4. The van der Waals surface area contributed by atoms with Gasteiger partial charge in [0.25, 0.3) is 5.91 Å². The number of imidazole rings is 1. The van der Waals surface area contributed by atoms with Crippen molar-refractivity contribution >= 4 is 28.2 Å². The number of amides is 1. The van der Waals surface area contributed by atoms with E-state index in [9.17, 15) is 9.59 Å². The van der Waals surface area contributed by atoms with E-state index in [0.717, 1.165) is 40.0 Å². The van der Waals surface area contributed by atoms with Crippen LogP contribution in [-0.4, -0.2) is 48.9 Å². The Labute approximate surface area is 214 Å². The molecule has 0 saturated heterocycles. The highest BCUT2D eigenvalue weighted by Crippen LogP contribution is 2.26. The van der Waals surface area contributed by atoms with Crippen molar-refractivity contribution in [3.63, 3.8) is 0 Å². The molecular weight excluding hydrogens is 466 g/mol. The number of nitrogens with one attached hydrogen (secondary N) is 1. The van der Waals surface area contributed by atoms with Gasteiger partial charge in [-0.05, 0) is 49.2 Å². The van der Waals surface area contributed by atoms with Crippen molar-refractivity contribution in [3.05, 3.63) is 94.8 Å². The molecule has 0 bridgehead atoms. The van der Waals surface area contributed by atoms with Crippen LogP contribution in [0.4, 0.5) is 0 Å². The number of Topliss-reactive ketones (excluding diaryl/α,β-unsaturated/α-hetero) is 1. The summed E-state index contributed by atoms with van der Waals surface area (Å²) < 4.78 is 3.69. The molecule has 3 N–H and O–H groups in total. The molecule has 0 saturated carbocycles. The van der Waals surface area contributed by atoms with Gasteiger partial charge in [-0.3, -0.25) is 23.7 Å². The number of nitrogens with two attached hydrogens (primary N) is 1. The molecule has 37 heavy (non-hydrogen) atoms. The predicted octanol–water partition coefficient (Wildman–Crippen LogP) is 3.11. The zero-order valence-corrected chi connectivity index (χ0v) is 20.9. The Morgan fingerprint density at radius 3 is 2.73 bits per heavy atom. The van der Waals surface area contributed by atoms with Gasteiger partial charge in [0.2, 0.25) is 0 Å². The van der Waals surface area contributed by atoms with Crippen LogP contribution in [0.5, 0.6) is 0 Å². The maximum atomic E-state index is 13.4. The second-order valence-corrected chi connectivity index (χ2v) is 8.97. The molecule has 0 aliphatic carbocycles. The molecule has 0 atom stereocenters. The van der Waals surface area contributed by atoms with E-state index in [2.05, 4.69) is 22.2 Å². The van der Waals surface area contributed by atoms with Crippen LogP contribution >= 0.6 is 0 Å². The van der Waals surface area contributed by atoms with Gasteiger partial charge in [-0.1, -0.05) is 25.1 Å². The molecule has 4 aromatic heterocycles. The third-order valence-corrected chi connectivity index (χ3v) is 6.37. The number of nitrogens with zero attached hydrogens (tertiary/aromatic N) is 5. The number of hydrogen-bond donors (Lipinski definition) is 2. The standard InChI is InChI=1S/C28H29N7O2/c1-3-22-27-19(7-5-9-23(27)35(33-22)17-21-8-4-6-18(2)32-21)14-25(36)24-16-31-26-15-20(10-13-34(24)26)28(37)30-12-11-29/h4-10,13,15-16H,3,11-12,14,17,29H2,1-2H3,(H,30,37). The average Bonchev–Trinajstić information content (AvgIpc) is 3.49. The molecule has 1 amide bonds. The summed E-state index contributed by atoms with van der Waals surface area (Å²) in [5.41, 5.74) is 11.7. The van der Waals surface area contributed by atoms with Crippen LogP contribution < -0.4 is 11.1 Å². The lowest BCUT2D eigenvalue weighted by atomic mass is 10.0. The lowest BCUT2D eigenvalue weighted by molar-refractivity contribution is 0.0953. The SMILES string of the molecule is CCc1nn(Cc2cccc(C)n2)c2cccc(CC(=O)c3cnc4cc(C(=O)NCCN)ccn34)c12. The summed E-state index contributed by atoms with van der Waals surface area (Å²) in [5.74, 6) is -0.282. The second kappa shape index (κ2) is 10.3. The van der Waals surface area contributed by atoms with Gasteiger partial charge in [-0.25, -0.2) is 4.98 Å². The van der Waals surface area contributed by atoms with Gasteiger partial charge in [0, 0.05) is 42.4 Å². The van der Waals surface area contributed by atoms with Crippen LogP contribution in [0.1, 0.15) is 50.4 Å². The van der Waals surface area contributed by atoms with Gasteiger partial charge < -0.3 is 11.1 Å². The quantitative estimate of drug-likeness (QED) is 0.303. The highest BCUT2D eigenvalue weighted by Gasteiger charge is 2.19. The molecule has 1 aromatic carbocycles. The molecule has 5 aromatic rings. The highest BCUT2D eigenvalue weighted by atomic mass is 16.1. The summed E-state index contributed by atoms with van der Waals surface area (Å²) >= 11 is 0. The van der Waals surface area contributed by atoms with Crippen molar-refractivity contribution in [2.75, 3.05) is 13.1 Å². The van der Waals surface area contributed by atoms with Gasteiger partial charge in [0.1, 0.15) is 11.3 Å². The molecule has 0 unspecified atom stereocenters. The molecule has 0 radical (unpaired) electrons. The number of rotatable bonds is 9. The van der Waals surface area contributed by atoms with E-state index in [0.29, 0.717) is 36.5 Å². The Hall–Kier alpha value is -4.37. The predicted molar refractivity (Wildman–Crippen MR) is 142 cm³/mol. The molecule has 5 rings (SSSR count). The van der Waals surface area contributed by atoms with Crippen molar-refractivity contribution < 1.29 is 9.59 Å². The molecular formula is C28H29N7O2. The Balaban J connectivity index is 1.44. The zero-order valence-electron chi connectivity index (χ0n) is 20.9. The van der Waals surface area contributed by atoms with E-state index < -0.39 is 0 Å². The first kappa shape index (κ1) is 24.3. The molecule has 188 valence electrons. The van der Waals surface area contributed by atoms with Crippen LogP contribution in [0.2, 0.25) is 0 Å². The summed E-state index contributed by atoms with van der Waals surface area (Å²) in [4.78, 5) is 34.7. The van der Waals surface area contributed by atoms with E-state index in [1.54, 1.807) is 28.9 Å². The monoisotopic (exact) mass is 495 g/mol. The maximum absolute atomic E-state index is 13.4. The topological polar surface area (TPSA) is 120 Å². The fraction of sp³-hybridized carbons (Fsp3) is 0.250. The van der Waals surface area contributed by atoms with E-state index in [4.69, 9.17) is 10.8 Å². The van der Waals surface area contributed by atoms with Crippen LogP contribution in [-0.2, 0) is 19.4 Å². The zero-order chi connectivity index (χ0) is 25.9. The van der Waals surface area contributed by atoms with Crippen molar-refractivity contribution in [3.8, 4) is 0 Å². The molecule has 9 heteroatoms. The highest BCUT2D eigenvalue weighted by molar-refractivity contribution is 6.00. The lowest BCUT2D eigenvalue weighted by Crippen LogP contribution is -2.29. The molecule has 0 fully saturated rings. The van der Waals surface area contributed by atoms with Crippen LogP contribution in [0.3, 0.4) is 0 Å². The number of fused-ring (bicyclic) bond motifs is 2. The minimum Gasteiger partial charge on any atom is -0.351 e. The van der Waals surface area contributed by atoms with E-state index >= 15 is 0 Å². The number of carbonyl (C=O) groups is 2. The number of aromatic nitrogens is 5. The normalized spacial score (nSPS) is 11.3. The van der Waals surface area contributed by atoms with Crippen molar-refractivity contribution in [2.45, 2.75) is 33.2 Å². The summed E-state index contributed by atoms with van der Waals surface area (Å²) in [6.45, 7) is 5.37. The van der Waals surface area contributed by atoms with Gasteiger partial charge in [0.15, 0.2) is 5.78 Å². The fourth-order valence-electron chi connectivity index (χ4n) is 4.62. The molecule has 0 aliphatic heterocycles. The van der Waals surface area contributed by atoms with E-state index in [1.807, 2.05) is 48.0 Å². The number of hydrogen-bond acceptors (Lipinski definition) is 6. The van der Waals surface area contributed by atoms with Crippen LogP contribution in [0.25, 0.3) is 16.6 Å². The number of pyridine rings is 2. The number of ketones is 1. The second-order valence-electron chi connectivity index (χ2n) is 8.97. The number of carbonyl (C=O) groups excluding carboxylic acids is 2. The van der Waals surface area contributed by atoms with Gasteiger partial charge in [0.05, 0.1) is 29.6 Å². The Bertz CT molecular complexity index is 1620. The van der Waals surface area contributed by atoms with Crippen molar-refractivity contribution in [1.82, 2.24) is 29.5 Å². The summed E-state index contributed by atoms with van der Waals surface area (Å²) in [7, 11) is 0. The Kier molecular flexibility index (Phi) is 6.78. The van der Waals surface area contributed by atoms with Gasteiger partial charge in [-0.2, -0.15) is 5.10 Å². The minimum atomic E-state index is -0.222. The van der Waals surface area contributed by atoms with Crippen molar-refractivity contribution in [2.24, 2.45) is 5.73 Å². The third-order valence-electron chi connectivity index (χ3n) is 6.37. The number of aryl methyl sites for hydroxylation is 2. The molecule has 4 heterocycles. The smallest absolute Gasteiger partial charge is 0.251 e. The molecule has 0 aliphatic rings. The van der Waals surface area contributed by atoms with E-state index in [1.165, 1.54) is 0 Å². The largest absolute Gasteiger partial charge is 0.351 e. The van der Waals surface area contributed by atoms with E-state index in [-0.39, 0.29) is 18.1 Å². The number of benzene rings is 1. The maximum Gasteiger partial charge on any atom is 0.251 e. The minimum absolute atomic E-state index is 0.0597. The van der Waals surface area contributed by atoms with Crippen LogP contribution in [0.15, 0.2) is 60.9 Å². The summed E-state index contributed by atoms with van der Waals surface area (Å²) in [6.07, 6.45) is 4.23. The third kappa shape index (κ3) is 4.85. The van der Waals surface area contributed by atoms with Crippen molar-refractivity contribution in [1.29, 1.82) is 0 Å². The molecule has 0 spiro atoms. The first-order valence-electron chi connectivity index (χ1n) is 12.4. The first-order chi connectivity index (χ1) is 18.0. The molecule has 9 nitrogen and oxygen atoms in total.